The van der Waals surface area contributed by atoms with Crippen molar-refractivity contribution >= 4 is 15.9 Å². The predicted molar refractivity (Wildman–Crippen MR) is 64.5 cm³/mol. The summed E-state index contributed by atoms with van der Waals surface area (Å²) in [6.07, 6.45) is -2.65. The van der Waals surface area contributed by atoms with Crippen molar-refractivity contribution in [3.63, 3.8) is 0 Å². The van der Waals surface area contributed by atoms with Crippen molar-refractivity contribution in [1.82, 2.24) is 0 Å². The fourth-order valence-corrected chi connectivity index (χ4v) is 2.21. The van der Waals surface area contributed by atoms with Crippen LogP contribution in [0.4, 0.5) is 13.2 Å². The summed E-state index contributed by atoms with van der Waals surface area (Å²) < 4.78 is 39.8. The molecule has 0 aromatic heterocycles. The van der Waals surface area contributed by atoms with E-state index in [9.17, 15) is 13.2 Å². The van der Waals surface area contributed by atoms with Gasteiger partial charge >= 0.3 is 0 Å². The van der Waals surface area contributed by atoms with Crippen LogP contribution in [0, 0.1) is 5.82 Å². The summed E-state index contributed by atoms with van der Waals surface area (Å²) >= 11 is 3.07. The van der Waals surface area contributed by atoms with E-state index in [1.807, 2.05) is 0 Å². The molecule has 0 bridgehead atoms. The molecular weight excluding hydrogens is 293 g/mol. The minimum Gasteiger partial charge on any atom is -0.206 e. The molecule has 0 amide bonds. The molecule has 0 aliphatic heterocycles. The summed E-state index contributed by atoms with van der Waals surface area (Å²) in [7, 11) is 0. The summed E-state index contributed by atoms with van der Waals surface area (Å²) in [4.78, 5) is 0. The van der Waals surface area contributed by atoms with Crippen molar-refractivity contribution in [3.05, 3.63) is 58.3 Å². The van der Waals surface area contributed by atoms with Crippen LogP contribution in [0.3, 0.4) is 0 Å². The van der Waals surface area contributed by atoms with Gasteiger partial charge in [0.2, 0.25) is 0 Å². The van der Waals surface area contributed by atoms with E-state index < -0.39 is 12.2 Å². The molecule has 2 aromatic carbocycles. The Kier molecular flexibility index (Phi) is 3.52. The van der Waals surface area contributed by atoms with Crippen molar-refractivity contribution in [1.29, 1.82) is 0 Å². The smallest absolute Gasteiger partial charge is 0.206 e. The Morgan fingerprint density at radius 3 is 2.18 bits per heavy atom. The zero-order valence-electron chi connectivity index (χ0n) is 8.63. The molecule has 0 radical (unpaired) electrons. The first-order valence-electron chi connectivity index (χ1n) is 4.92. The van der Waals surface area contributed by atoms with Crippen LogP contribution in [-0.2, 0) is 0 Å². The average molecular weight is 301 g/mol. The van der Waals surface area contributed by atoms with Gasteiger partial charge in [-0.2, -0.15) is 0 Å². The van der Waals surface area contributed by atoms with E-state index >= 15 is 0 Å². The van der Waals surface area contributed by atoms with Gasteiger partial charge in [-0.25, -0.2) is 13.2 Å². The molecule has 0 nitrogen and oxygen atoms in total. The SMILES string of the molecule is Fc1ccccc1-c1cccc(Br)c1C(F)F. The Hall–Kier alpha value is -1.29. The van der Waals surface area contributed by atoms with Gasteiger partial charge in [-0.15, -0.1) is 0 Å². The Balaban J connectivity index is 2.68. The highest BCUT2D eigenvalue weighted by Gasteiger charge is 2.19. The van der Waals surface area contributed by atoms with Crippen LogP contribution in [0.5, 0.6) is 0 Å². The Labute approximate surface area is 105 Å². The molecule has 0 saturated heterocycles. The summed E-state index contributed by atoms with van der Waals surface area (Å²) in [5.74, 6) is -0.507. The second-order valence-corrected chi connectivity index (χ2v) is 4.34. The van der Waals surface area contributed by atoms with Crippen LogP contribution in [0.15, 0.2) is 46.9 Å². The van der Waals surface area contributed by atoms with E-state index in [1.165, 1.54) is 30.3 Å². The number of alkyl halides is 2. The van der Waals surface area contributed by atoms with Crippen molar-refractivity contribution in [2.24, 2.45) is 0 Å². The predicted octanol–water partition coefficient (Wildman–Crippen LogP) is 5.19. The van der Waals surface area contributed by atoms with Gasteiger partial charge in [0, 0.05) is 15.6 Å². The molecule has 0 spiro atoms. The fourth-order valence-electron chi connectivity index (χ4n) is 1.67. The number of rotatable bonds is 2. The van der Waals surface area contributed by atoms with E-state index in [0.717, 1.165) is 0 Å². The second kappa shape index (κ2) is 4.92. The first-order valence-corrected chi connectivity index (χ1v) is 5.72. The van der Waals surface area contributed by atoms with Gasteiger partial charge in [-0.1, -0.05) is 46.3 Å². The highest BCUT2D eigenvalue weighted by molar-refractivity contribution is 9.10. The highest BCUT2D eigenvalue weighted by atomic mass is 79.9. The summed E-state index contributed by atoms with van der Waals surface area (Å²) in [5, 5.41) is 0. The largest absolute Gasteiger partial charge is 0.265 e. The minimum absolute atomic E-state index is 0.183. The van der Waals surface area contributed by atoms with Crippen LogP contribution in [-0.4, -0.2) is 0 Å². The number of hydrogen-bond acceptors (Lipinski definition) is 0. The molecule has 2 rings (SSSR count). The summed E-state index contributed by atoms with van der Waals surface area (Å²) in [6, 6.07) is 10.5. The average Bonchev–Trinajstić information content (AvgIpc) is 2.28. The maximum atomic E-state index is 13.6. The van der Waals surface area contributed by atoms with Gasteiger partial charge in [0.05, 0.1) is 0 Å². The third-order valence-corrected chi connectivity index (χ3v) is 3.13. The molecule has 0 saturated carbocycles. The Morgan fingerprint density at radius 2 is 1.53 bits per heavy atom. The molecule has 0 unspecified atom stereocenters. The molecule has 0 atom stereocenters. The molecule has 0 aliphatic carbocycles. The van der Waals surface area contributed by atoms with Crippen molar-refractivity contribution in [3.8, 4) is 11.1 Å². The van der Waals surface area contributed by atoms with Crippen LogP contribution < -0.4 is 0 Å². The second-order valence-electron chi connectivity index (χ2n) is 3.48. The van der Waals surface area contributed by atoms with E-state index in [4.69, 9.17) is 0 Å². The van der Waals surface area contributed by atoms with Crippen LogP contribution in [0.2, 0.25) is 0 Å². The van der Waals surface area contributed by atoms with E-state index in [1.54, 1.807) is 12.1 Å². The van der Waals surface area contributed by atoms with Gasteiger partial charge in [0.25, 0.3) is 6.43 Å². The Bertz CT molecular complexity index is 538. The normalized spacial score (nSPS) is 10.9. The van der Waals surface area contributed by atoms with Gasteiger partial charge in [-0.05, 0) is 17.7 Å². The third kappa shape index (κ3) is 2.36. The van der Waals surface area contributed by atoms with Crippen LogP contribution in [0.25, 0.3) is 11.1 Å². The summed E-state index contributed by atoms with van der Waals surface area (Å²) in [5.41, 5.74) is 0.217. The molecule has 0 fully saturated rings. The number of hydrogen-bond donors (Lipinski definition) is 0. The number of benzene rings is 2. The van der Waals surface area contributed by atoms with Crippen molar-refractivity contribution in [2.45, 2.75) is 6.43 Å². The van der Waals surface area contributed by atoms with Gasteiger partial charge in [0.1, 0.15) is 5.82 Å². The quantitative estimate of drug-likeness (QED) is 0.716. The highest BCUT2D eigenvalue weighted by Crippen LogP contribution is 2.37. The maximum Gasteiger partial charge on any atom is 0.265 e. The standard InChI is InChI=1S/C13H8BrF3/c14-10-6-3-5-9(12(10)13(16)17)8-4-1-2-7-11(8)15/h1-7,13H. The first-order chi connectivity index (χ1) is 8.11. The lowest BCUT2D eigenvalue weighted by atomic mass is 9.99. The van der Waals surface area contributed by atoms with Gasteiger partial charge in [0.15, 0.2) is 0 Å². The van der Waals surface area contributed by atoms with Crippen LogP contribution >= 0.6 is 15.9 Å². The molecular formula is C13H8BrF3. The Morgan fingerprint density at radius 1 is 0.882 bits per heavy atom. The molecule has 88 valence electrons. The van der Waals surface area contributed by atoms with Gasteiger partial charge < -0.3 is 0 Å². The van der Waals surface area contributed by atoms with Crippen molar-refractivity contribution < 1.29 is 13.2 Å². The molecule has 17 heavy (non-hydrogen) atoms. The van der Waals surface area contributed by atoms with Gasteiger partial charge in [-0.3, -0.25) is 0 Å². The molecule has 4 heteroatoms. The molecule has 2 aromatic rings. The number of halogens is 4. The lowest BCUT2D eigenvalue weighted by Gasteiger charge is -2.11. The first kappa shape index (κ1) is 12.2. The lowest BCUT2D eigenvalue weighted by molar-refractivity contribution is 0.151. The monoisotopic (exact) mass is 300 g/mol. The minimum atomic E-state index is -2.65. The zero-order chi connectivity index (χ0) is 12.4. The van der Waals surface area contributed by atoms with Crippen LogP contribution in [0.1, 0.15) is 12.0 Å². The molecule has 0 aliphatic rings. The zero-order valence-corrected chi connectivity index (χ0v) is 10.2. The lowest BCUT2D eigenvalue weighted by Crippen LogP contribution is -1.93. The third-order valence-electron chi connectivity index (χ3n) is 2.44. The van der Waals surface area contributed by atoms with E-state index in [0.29, 0.717) is 0 Å². The van der Waals surface area contributed by atoms with Crippen molar-refractivity contribution in [2.75, 3.05) is 0 Å². The fraction of sp³-hybridized carbons (Fsp3) is 0.0769. The topological polar surface area (TPSA) is 0 Å². The maximum absolute atomic E-state index is 13.6. The molecule has 0 heterocycles. The van der Waals surface area contributed by atoms with E-state index in [2.05, 4.69) is 15.9 Å². The molecule has 0 N–H and O–H groups in total. The van der Waals surface area contributed by atoms with E-state index in [-0.39, 0.29) is 21.2 Å². The summed E-state index contributed by atoms with van der Waals surface area (Å²) in [6.45, 7) is 0.